The molecule has 1 aromatic heterocycles. The molecule has 0 saturated heterocycles. The summed E-state index contributed by atoms with van der Waals surface area (Å²) in [6.07, 6.45) is 14.7. The first kappa shape index (κ1) is 52.1. The maximum absolute atomic E-state index is 14.6. The van der Waals surface area contributed by atoms with Crippen LogP contribution in [0.15, 0.2) is 59.8 Å². The quantitative estimate of drug-likeness (QED) is 0.0451. The number of hydrogen-bond donors (Lipinski definition) is 5. The van der Waals surface area contributed by atoms with Gasteiger partial charge >= 0.3 is 11.9 Å². The molecule has 20 heteroatoms. The van der Waals surface area contributed by atoms with E-state index in [1.807, 2.05) is 0 Å². The van der Waals surface area contributed by atoms with Crippen LogP contribution in [0.25, 0.3) is 0 Å². The Hall–Kier alpha value is -5.28. The van der Waals surface area contributed by atoms with E-state index in [1.165, 1.54) is 61.6 Å². The summed E-state index contributed by atoms with van der Waals surface area (Å²) in [5.74, 6) is -2.39. The lowest BCUT2D eigenvalue weighted by molar-refractivity contribution is -0.143. The van der Waals surface area contributed by atoms with Gasteiger partial charge in [0.05, 0.1) is 50.1 Å². The Labute approximate surface area is 367 Å². The summed E-state index contributed by atoms with van der Waals surface area (Å²) < 4.78 is 69.4. The molecule has 63 heavy (non-hydrogen) atoms. The molecule has 3 rings (SSSR count). The third kappa shape index (κ3) is 23.7. The van der Waals surface area contributed by atoms with E-state index in [-0.39, 0.29) is 93.9 Å². The second kappa shape index (κ2) is 30.7. The van der Waals surface area contributed by atoms with Gasteiger partial charge in [0.2, 0.25) is 11.9 Å². The standard InChI is InChI=1S/C43H60FN5O13S/c44-38-19-16-36(28-33(38)12-10-8-6-4-2-1-3-5-7-9-11-13-40(51)52)62-35-14-17-37(18-15-35)63(56,57)49-43-47-29-34(30-48-43)42(55)46-21-23-59-24-26-60-31-39(50)45-20-22-58-25-27-61-32-41(53)54/h14-19,28-30H,1-13,20-27,31-32H2,(H,45,50)(H,46,55)(H,51,52)(H,53,54)(H,47,48,49). The topological polar surface area (TPSA) is 251 Å². The zero-order valence-electron chi connectivity index (χ0n) is 35.5. The fraction of sp³-hybridized carbons (Fsp3) is 0.535. The average molecular weight is 906 g/mol. The molecule has 18 nitrogen and oxygen atoms in total. The molecule has 3 aromatic rings. The number of aryl methyl sites for hydroxylation is 1. The smallest absolute Gasteiger partial charge is 0.329 e. The first-order valence-corrected chi connectivity index (χ1v) is 22.6. The van der Waals surface area contributed by atoms with E-state index in [9.17, 15) is 32.0 Å². The summed E-state index contributed by atoms with van der Waals surface area (Å²) in [5, 5.41) is 22.4. The van der Waals surface area contributed by atoms with Crippen molar-refractivity contribution in [3.8, 4) is 11.5 Å². The van der Waals surface area contributed by atoms with Crippen LogP contribution in [0.2, 0.25) is 0 Å². The summed E-state index contributed by atoms with van der Waals surface area (Å²) >= 11 is 0. The summed E-state index contributed by atoms with van der Waals surface area (Å²) in [4.78, 5) is 53.0. The van der Waals surface area contributed by atoms with E-state index in [1.54, 1.807) is 6.07 Å². The van der Waals surface area contributed by atoms with Gasteiger partial charge in [-0.05, 0) is 67.3 Å². The monoisotopic (exact) mass is 905 g/mol. The molecule has 0 radical (unpaired) electrons. The van der Waals surface area contributed by atoms with E-state index in [0.29, 0.717) is 23.5 Å². The molecule has 348 valence electrons. The minimum atomic E-state index is -4.09. The largest absolute Gasteiger partial charge is 0.481 e. The fourth-order valence-corrected chi connectivity index (χ4v) is 6.86. The predicted octanol–water partition coefficient (Wildman–Crippen LogP) is 5.51. The number of ether oxygens (including phenoxy) is 5. The minimum Gasteiger partial charge on any atom is -0.481 e. The number of benzene rings is 2. The van der Waals surface area contributed by atoms with Crippen LogP contribution in [0.1, 0.15) is 93.0 Å². The Balaban J connectivity index is 1.27. The number of carbonyl (C=O) groups excluding carboxylic acids is 2. The van der Waals surface area contributed by atoms with Gasteiger partial charge in [-0.15, -0.1) is 0 Å². The molecule has 5 N–H and O–H groups in total. The van der Waals surface area contributed by atoms with E-state index in [0.717, 1.165) is 57.8 Å². The Morgan fingerprint density at radius 2 is 1.16 bits per heavy atom. The molecule has 2 aromatic carbocycles. The van der Waals surface area contributed by atoms with Gasteiger partial charge in [0.15, 0.2) is 0 Å². The molecule has 0 aliphatic rings. The summed E-state index contributed by atoms with van der Waals surface area (Å²) in [5.41, 5.74) is 0.647. The molecular formula is C43H60FN5O13S. The van der Waals surface area contributed by atoms with Crippen LogP contribution < -0.4 is 20.1 Å². The zero-order valence-corrected chi connectivity index (χ0v) is 36.3. The number of aromatic nitrogens is 2. The summed E-state index contributed by atoms with van der Waals surface area (Å²) in [7, 11) is -4.09. The number of nitrogens with zero attached hydrogens (tertiary/aromatic N) is 2. The zero-order chi connectivity index (χ0) is 45.5. The number of carboxylic acid groups (broad SMARTS) is 2. The molecule has 0 aliphatic heterocycles. The van der Waals surface area contributed by atoms with E-state index in [4.69, 9.17) is 33.9 Å². The third-order valence-corrected chi connectivity index (χ3v) is 10.5. The molecule has 0 unspecified atom stereocenters. The molecule has 1 heterocycles. The molecule has 2 amide bonds. The number of carboxylic acids is 2. The van der Waals surface area contributed by atoms with E-state index >= 15 is 0 Å². The van der Waals surface area contributed by atoms with Crippen LogP contribution in [0.5, 0.6) is 11.5 Å². The highest BCUT2D eigenvalue weighted by Crippen LogP contribution is 2.26. The maximum Gasteiger partial charge on any atom is 0.329 e. The van der Waals surface area contributed by atoms with Gasteiger partial charge in [-0.1, -0.05) is 57.8 Å². The lowest BCUT2D eigenvalue weighted by Gasteiger charge is -2.11. The van der Waals surface area contributed by atoms with Crippen molar-refractivity contribution in [2.45, 2.75) is 88.4 Å². The van der Waals surface area contributed by atoms with Gasteiger partial charge in [-0.25, -0.2) is 32.3 Å². The second-order valence-electron chi connectivity index (χ2n) is 14.3. The number of unbranched alkanes of at least 4 members (excludes halogenated alkanes) is 10. The SMILES string of the molecule is O=C(O)CCCCCCCCCCCCCc1cc(Oc2ccc(S(=O)(=O)Nc3ncc(C(=O)NCCOCCOCC(=O)NCCOCCOCC(=O)O)cn3)cc2)ccc1F. The average Bonchev–Trinajstić information content (AvgIpc) is 3.25. The van der Waals surface area contributed by atoms with Gasteiger partial charge in [0.25, 0.3) is 15.9 Å². The van der Waals surface area contributed by atoms with Crippen molar-refractivity contribution >= 4 is 39.7 Å². The van der Waals surface area contributed by atoms with Gasteiger partial charge < -0.3 is 44.5 Å². The Morgan fingerprint density at radius 1 is 0.619 bits per heavy atom. The van der Waals surface area contributed by atoms with Gasteiger partial charge in [0, 0.05) is 31.9 Å². The van der Waals surface area contributed by atoms with Crippen molar-refractivity contribution in [3.63, 3.8) is 0 Å². The van der Waals surface area contributed by atoms with E-state index < -0.39 is 34.5 Å². The summed E-state index contributed by atoms with van der Waals surface area (Å²) in [6.45, 7) is 0.875. The fourth-order valence-electron chi connectivity index (χ4n) is 5.91. The number of halogens is 1. The van der Waals surface area contributed by atoms with Crippen molar-refractivity contribution in [1.82, 2.24) is 20.6 Å². The first-order valence-electron chi connectivity index (χ1n) is 21.1. The highest BCUT2D eigenvalue weighted by molar-refractivity contribution is 7.92. The Bertz CT molecular complexity index is 1920. The van der Waals surface area contributed by atoms with Crippen LogP contribution >= 0.6 is 0 Å². The van der Waals surface area contributed by atoms with Crippen molar-refractivity contribution in [2.24, 2.45) is 0 Å². The number of amides is 2. The van der Waals surface area contributed by atoms with Gasteiger partial charge in [-0.3, -0.25) is 14.4 Å². The van der Waals surface area contributed by atoms with Crippen molar-refractivity contribution in [2.75, 3.05) is 70.7 Å². The van der Waals surface area contributed by atoms with Gasteiger partial charge in [-0.2, -0.15) is 0 Å². The summed E-state index contributed by atoms with van der Waals surface area (Å²) in [6, 6.07) is 10.2. The van der Waals surface area contributed by atoms with Crippen molar-refractivity contribution < 1.29 is 65.9 Å². The number of carbonyl (C=O) groups is 4. The third-order valence-electron chi connectivity index (χ3n) is 9.17. The van der Waals surface area contributed by atoms with E-state index in [2.05, 4.69) is 25.3 Å². The number of rotatable bonds is 36. The number of nitrogens with one attached hydrogen (secondary N) is 3. The van der Waals surface area contributed by atoms with Crippen LogP contribution in [-0.2, 0) is 49.8 Å². The second-order valence-corrected chi connectivity index (χ2v) is 16.0. The maximum atomic E-state index is 14.6. The molecule has 0 spiro atoms. The lowest BCUT2D eigenvalue weighted by atomic mass is 10.0. The van der Waals surface area contributed by atoms with Crippen LogP contribution in [0, 0.1) is 5.82 Å². The Morgan fingerprint density at radius 3 is 1.76 bits per heavy atom. The molecule has 0 atom stereocenters. The van der Waals surface area contributed by atoms with Gasteiger partial charge in [0.1, 0.15) is 30.5 Å². The normalized spacial score (nSPS) is 11.3. The Kier molecular flexibility index (Phi) is 25.4. The van der Waals surface area contributed by atoms with Crippen molar-refractivity contribution in [1.29, 1.82) is 0 Å². The molecule has 0 bridgehead atoms. The van der Waals surface area contributed by atoms with Crippen LogP contribution in [0.3, 0.4) is 0 Å². The van der Waals surface area contributed by atoms with Crippen molar-refractivity contribution in [3.05, 3.63) is 71.8 Å². The molecule has 0 fully saturated rings. The molecule has 0 aliphatic carbocycles. The van der Waals surface area contributed by atoms with Crippen LogP contribution in [-0.4, -0.2) is 118 Å². The molecule has 0 saturated carbocycles. The number of sulfonamides is 1. The first-order chi connectivity index (χ1) is 30.4. The number of hydrogen-bond acceptors (Lipinski definition) is 13. The minimum absolute atomic E-state index is 0.0808. The number of aliphatic carboxylic acids is 2. The van der Waals surface area contributed by atoms with Crippen LogP contribution in [0.4, 0.5) is 10.3 Å². The molecular weight excluding hydrogens is 846 g/mol. The number of anilines is 1. The predicted molar refractivity (Wildman–Crippen MR) is 229 cm³/mol. The lowest BCUT2D eigenvalue weighted by Crippen LogP contribution is -2.31. The highest BCUT2D eigenvalue weighted by Gasteiger charge is 2.17. The highest BCUT2D eigenvalue weighted by atomic mass is 32.2.